The van der Waals surface area contributed by atoms with Gasteiger partial charge < -0.3 is 10.6 Å². The zero-order valence-corrected chi connectivity index (χ0v) is 14.2. The number of benzene rings is 1. The van der Waals surface area contributed by atoms with Crippen LogP contribution in [0.5, 0.6) is 0 Å². The molecule has 0 spiro atoms. The molecule has 2 aromatic rings. The third-order valence-corrected chi connectivity index (χ3v) is 3.38. The number of nitrogens with zero attached hydrogens (tertiary/aromatic N) is 1. The SMILES string of the molecule is CC(C)CNC(=O)c1cncc(C(=O)Nc2cccc(C(F)(F)F)c2)c1. The van der Waals surface area contributed by atoms with Gasteiger partial charge in [0.2, 0.25) is 0 Å². The lowest BCUT2D eigenvalue weighted by Gasteiger charge is -2.11. The second kappa shape index (κ2) is 7.99. The molecule has 0 bridgehead atoms. The number of carbonyl (C=O) groups excluding carboxylic acids is 2. The highest BCUT2D eigenvalue weighted by Gasteiger charge is 2.30. The lowest BCUT2D eigenvalue weighted by atomic mass is 10.1. The number of hydrogen-bond acceptors (Lipinski definition) is 3. The van der Waals surface area contributed by atoms with E-state index < -0.39 is 17.6 Å². The molecule has 8 heteroatoms. The summed E-state index contributed by atoms with van der Waals surface area (Å²) in [5, 5.41) is 5.08. The smallest absolute Gasteiger partial charge is 0.352 e. The fourth-order valence-corrected chi connectivity index (χ4v) is 2.06. The Kier molecular flexibility index (Phi) is 5.97. The Labute approximate surface area is 148 Å². The quantitative estimate of drug-likeness (QED) is 0.848. The summed E-state index contributed by atoms with van der Waals surface area (Å²) in [5.41, 5.74) is -0.600. The molecular formula is C18H18F3N3O2. The average Bonchev–Trinajstić information content (AvgIpc) is 2.59. The molecule has 26 heavy (non-hydrogen) atoms. The number of halogens is 3. The Bertz CT molecular complexity index is 804. The van der Waals surface area contributed by atoms with Crippen molar-refractivity contribution in [3.8, 4) is 0 Å². The van der Waals surface area contributed by atoms with Crippen LogP contribution in [0.2, 0.25) is 0 Å². The van der Waals surface area contributed by atoms with Gasteiger partial charge in [-0.05, 0) is 30.2 Å². The van der Waals surface area contributed by atoms with Crippen LogP contribution in [-0.4, -0.2) is 23.3 Å². The van der Waals surface area contributed by atoms with E-state index in [1.54, 1.807) is 0 Å². The van der Waals surface area contributed by atoms with E-state index in [-0.39, 0.29) is 28.6 Å². The van der Waals surface area contributed by atoms with Crippen LogP contribution in [0, 0.1) is 5.92 Å². The second-order valence-electron chi connectivity index (χ2n) is 6.10. The molecule has 2 N–H and O–H groups in total. The molecule has 1 heterocycles. The van der Waals surface area contributed by atoms with Crippen molar-refractivity contribution in [2.75, 3.05) is 11.9 Å². The Morgan fingerprint density at radius 2 is 1.73 bits per heavy atom. The van der Waals surface area contributed by atoms with Crippen molar-refractivity contribution in [1.82, 2.24) is 10.3 Å². The molecule has 2 amide bonds. The van der Waals surface area contributed by atoms with E-state index in [0.29, 0.717) is 6.54 Å². The van der Waals surface area contributed by atoms with Crippen molar-refractivity contribution in [2.45, 2.75) is 20.0 Å². The number of aromatic nitrogens is 1. The van der Waals surface area contributed by atoms with Crippen molar-refractivity contribution in [3.63, 3.8) is 0 Å². The fraction of sp³-hybridized carbons (Fsp3) is 0.278. The molecule has 5 nitrogen and oxygen atoms in total. The van der Waals surface area contributed by atoms with Crippen LogP contribution in [-0.2, 0) is 6.18 Å². The molecule has 138 valence electrons. The summed E-state index contributed by atoms with van der Waals surface area (Å²) in [6, 6.07) is 5.64. The predicted molar refractivity (Wildman–Crippen MR) is 90.8 cm³/mol. The van der Waals surface area contributed by atoms with Gasteiger partial charge in [-0.25, -0.2) is 0 Å². The number of hydrogen-bond donors (Lipinski definition) is 2. The van der Waals surface area contributed by atoms with E-state index in [1.165, 1.54) is 30.6 Å². The molecule has 0 aliphatic heterocycles. The van der Waals surface area contributed by atoms with Crippen LogP contribution >= 0.6 is 0 Å². The van der Waals surface area contributed by atoms with Gasteiger partial charge in [-0.15, -0.1) is 0 Å². The van der Waals surface area contributed by atoms with Crippen LogP contribution in [0.15, 0.2) is 42.7 Å². The van der Waals surface area contributed by atoms with Gasteiger partial charge in [0.05, 0.1) is 16.7 Å². The summed E-state index contributed by atoms with van der Waals surface area (Å²) in [6.45, 7) is 4.36. The third-order valence-electron chi connectivity index (χ3n) is 3.38. The number of alkyl halides is 3. The summed E-state index contributed by atoms with van der Waals surface area (Å²) in [7, 11) is 0. The standard InChI is InChI=1S/C18H18F3N3O2/c1-11(2)8-23-16(25)12-6-13(10-22-9-12)17(26)24-15-5-3-4-14(7-15)18(19,20)21/h3-7,9-11H,8H2,1-2H3,(H,23,25)(H,24,26). The molecule has 0 fully saturated rings. The van der Waals surface area contributed by atoms with Gasteiger partial charge in [-0.1, -0.05) is 19.9 Å². The molecule has 0 atom stereocenters. The molecule has 2 rings (SSSR count). The van der Waals surface area contributed by atoms with Crippen LogP contribution in [0.3, 0.4) is 0 Å². The first-order valence-corrected chi connectivity index (χ1v) is 7.88. The summed E-state index contributed by atoms with van der Waals surface area (Å²) in [6.07, 6.45) is -1.95. The summed E-state index contributed by atoms with van der Waals surface area (Å²) >= 11 is 0. The fourth-order valence-electron chi connectivity index (χ4n) is 2.06. The Balaban J connectivity index is 2.13. The van der Waals surface area contributed by atoms with Crippen molar-refractivity contribution >= 4 is 17.5 Å². The van der Waals surface area contributed by atoms with Crippen molar-refractivity contribution in [2.24, 2.45) is 5.92 Å². The second-order valence-corrected chi connectivity index (χ2v) is 6.10. The van der Waals surface area contributed by atoms with E-state index >= 15 is 0 Å². The minimum Gasteiger partial charge on any atom is -0.352 e. The van der Waals surface area contributed by atoms with E-state index in [9.17, 15) is 22.8 Å². The van der Waals surface area contributed by atoms with Crippen molar-refractivity contribution < 1.29 is 22.8 Å². The van der Waals surface area contributed by atoms with Gasteiger partial charge in [0.1, 0.15) is 0 Å². The largest absolute Gasteiger partial charge is 0.416 e. The van der Waals surface area contributed by atoms with Gasteiger partial charge in [-0.2, -0.15) is 13.2 Å². The molecule has 0 aliphatic rings. The topological polar surface area (TPSA) is 71.1 Å². The first-order chi connectivity index (χ1) is 12.2. The maximum Gasteiger partial charge on any atom is 0.416 e. The maximum atomic E-state index is 12.7. The number of rotatable bonds is 5. The minimum absolute atomic E-state index is 0.000475. The molecular weight excluding hydrogens is 347 g/mol. The normalized spacial score (nSPS) is 11.3. The lowest BCUT2D eigenvalue weighted by molar-refractivity contribution is -0.137. The Hall–Kier alpha value is -2.90. The summed E-state index contributed by atoms with van der Waals surface area (Å²) in [4.78, 5) is 28.1. The van der Waals surface area contributed by atoms with Crippen molar-refractivity contribution in [1.29, 1.82) is 0 Å². The summed E-state index contributed by atoms with van der Waals surface area (Å²) in [5.74, 6) is -0.769. The van der Waals surface area contributed by atoms with Crippen LogP contribution in [0.4, 0.5) is 18.9 Å². The van der Waals surface area contributed by atoms with E-state index in [0.717, 1.165) is 12.1 Å². The molecule has 0 saturated heterocycles. The number of pyridine rings is 1. The van der Waals surface area contributed by atoms with Gasteiger partial charge in [0.25, 0.3) is 11.8 Å². The highest BCUT2D eigenvalue weighted by molar-refractivity contribution is 6.05. The molecule has 1 aromatic heterocycles. The zero-order valence-electron chi connectivity index (χ0n) is 14.2. The minimum atomic E-state index is -4.50. The number of nitrogens with one attached hydrogen (secondary N) is 2. The number of carbonyl (C=O) groups is 2. The molecule has 0 saturated carbocycles. The lowest BCUT2D eigenvalue weighted by Crippen LogP contribution is -2.27. The van der Waals surface area contributed by atoms with E-state index in [2.05, 4.69) is 15.6 Å². The van der Waals surface area contributed by atoms with Crippen LogP contribution in [0.25, 0.3) is 0 Å². The highest BCUT2D eigenvalue weighted by Crippen LogP contribution is 2.30. The molecule has 0 aliphatic carbocycles. The monoisotopic (exact) mass is 365 g/mol. The van der Waals surface area contributed by atoms with Gasteiger partial charge >= 0.3 is 6.18 Å². The molecule has 1 aromatic carbocycles. The van der Waals surface area contributed by atoms with Gasteiger partial charge in [0, 0.05) is 24.6 Å². The number of amides is 2. The van der Waals surface area contributed by atoms with Gasteiger partial charge in [0.15, 0.2) is 0 Å². The Morgan fingerprint density at radius 1 is 1.08 bits per heavy atom. The maximum absolute atomic E-state index is 12.7. The predicted octanol–water partition coefficient (Wildman–Crippen LogP) is 3.74. The molecule has 0 unspecified atom stereocenters. The number of anilines is 1. The van der Waals surface area contributed by atoms with Crippen LogP contribution < -0.4 is 10.6 Å². The van der Waals surface area contributed by atoms with Crippen LogP contribution in [0.1, 0.15) is 40.1 Å². The van der Waals surface area contributed by atoms with E-state index in [4.69, 9.17) is 0 Å². The van der Waals surface area contributed by atoms with E-state index in [1.807, 2.05) is 13.8 Å². The zero-order chi connectivity index (χ0) is 19.3. The first-order valence-electron chi connectivity index (χ1n) is 7.88. The first kappa shape index (κ1) is 19.4. The highest BCUT2D eigenvalue weighted by atomic mass is 19.4. The third kappa shape index (κ3) is 5.30. The average molecular weight is 365 g/mol. The molecule has 0 radical (unpaired) electrons. The van der Waals surface area contributed by atoms with Gasteiger partial charge in [-0.3, -0.25) is 14.6 Å². The Morgan fingerprint density at radius 3 is 2.35 bits per heavy atom. The van der Waals surface area contributed by atoms with Crippen molar-refractivity contribution in [3.05, 3.63) is 59.4 Å². The summed E-state index contributed by atoms with van der Waals surface area (Å²) < 4.78 is 38.2.